The van der Waals surface area contributed by atoms with Crippen LogP contribution >= 0.6 is 0 Å². The quantitative estimate of drug-likeness (QED) is 0.932. The van der Waals surface area contributed by atoms with Gasteiger partial charge >= 0.3 is 0 Å². The minimum atomic E-state index is 0.592. The molecule has 0 radical (unpaired) electrons. The van der Waals surface area contributed by atoms with Crippen LogP contribution in [0.4, 0.5) is 5.69 Å². The highest BCUT2D eigenvalue weighted by Gasteiger charge is 2.19. The van der Waals surface area contributed by atoms with Gasteiger partial charge in [0.1, 0.15) is 12.3 Å². The number of rotatable bonds is 4. The molecule has 1 fully saturated rings. The fourth-order valence-electron chi connectivity index (χ4n) is 3.52. The number of hydrogen-bond donors (Lipinski definition) is 1. The van der Waals surface area contributed by atoms with Crippen molar-refractivity contribution in [1.82, 2.24) is 14.5 Å². The van der Waals surface area contributed by atoms with Crippen molar-refractivity contribution >= 4 is 11.2 Å². The number of fused-ring (bicyclic) bond motifs is 3. The van der Waals surface area contributed by atoms with Crippen molar-refractivity contribution in [2.24, 2.45) is 0 Å². The molecule has 21 heavy (non-hydrogen) atoms. The predicted molar refractivity (Wildman–Crippen MR) is 82.8 cm³/mol. The molecule has 3 heterocycles. The second-order valence-corrected chi connectivity index (χ2v) is 6.07. The van der Waals surface area contributed by atoms with Crippen molar-refractivity contribution in [2.75, 3.05) is 32.0 Å². The average Bonchev–Trinajstić information content (AvgIpc) is 3.20. The van der Waals surface area contributed by atoms with Crippen LogP contribution in [0.1, 0.15) is 30.5 Å². The van der Waals surface area contributed by atoms with E-state index in [-0.39, 0.29) is 0 Å². The van der Waals surface area contributed by atoms with Crippen LogP contribution in [0, 0.1) is 0 Å². The zero-order valence-corrected chi connectivity index (χ0v) is 12.3. The van der Waals surface area contributed by atoms with Crippen molar-refractivity contribution in [3.8, 4) is 5.88 Å². The highest BCUT2D eigenvalue weighted by atomic mass is 16.5. The van der Waals surface area contributed by atoms with Gasteiger partial charge in [-0.15, -0.1) is 5.10 Å². The summed E-state index contributed by atoms with van der Waals surface area (Å²) in [5.74, 6) is 0.592. The molecule has 4 rings (SSSR count). The van der Waals surface area contributed by atoms with Gasteiger partial charge in [0.15, 0.2) is 0 Å². The van der Waals surface area contributed by atoms with E-state index in [0.29, 0.717) is 18.2 Å². The maximum atomic E-state index is 6.21. The Morgan fingerprint density at radius 2 is 2.00 bits per heavy atom. The number of hydrogen-bond acceptors (Lipinski definition) is 4. The van der Waals surface area contributed by atoms with Crippen molar-refractivity contribution < 1.29 is 4.74 Å². The molecule has 0 bridgehead atoms. The number of nitrogens with zero attached hydrogens (tertiary/aromatic N) is 3. The molecule has 2 aromatic rings. The van der Waals surface area contributed by atoms with Gasteiger partial charge in [0.2, 0.25) is 0 Å². The maximum absolute atomic E-state index is 6.21. The number of ether oxygens (including phenoxy) is 1. The van der Waals surface area contributed by atoms with Crippen molar-refractivity contribution in [1.29, 1.82) is 0 Å². The van der Waals surface area contributed by atoms with E-state index in [1.165, 1.54) is 43.6 Å². The summed E-state index contributed by atoms with van der Waals surface area (Å²) >= 11 is 0. The molecule has 1 saturated heterocycles. The van der Waals surface area contributed by atoms with E-state index < -0.39 is 0 Å². The van der Waals surface area contributed by atoms with E-state index >= 15 is 0 Å². The molecule has 0 saturated carbocycles. The zero-order valence-electron chi connectivity index (χ0n) is 12.3. The molecule has 2 aliphatic rings. The smallest absolute Gasteiger partial charge is 0.257 e. The molecule has 5 heteroatoms. The van der Waals surface area contributed by atoms with Gasteiger partial charge in [-0.1, -0.05) is 6.07 Å². The number of aromatic nitrogens is 2. The van der Waals surface area contributed by atoms with Crippen molar-refractivity contribution in [2.45, 2.75) is 32.1 Å². The van der Waals surface area contributed by atoms with Crippen LogP contribution in [0.5, 0.6) is 5.88 Å². The molecule has 5 nitrogen and oxygen atoms in total. The largest absolute Gasteiger partial charge is 0.474 e. The molecule has 0 unspecified atom stereocenters. The standard InChI is InChI=1S/C16H22N4O/c17-15-14-7-6-12-4-3-5-13(12)20(14)18-16(15)21-11-10-19-8-1-2-9-19/h6-7H,1-5,8-11,17H2. The monoisotopic (exact) mass is 286 g/mol. The fourth-order valence-corrected chi connectivity index (χ4v) is 3.52. The van der Waals surface area contributed by atoms with Crippen LogP contribution in [0.15, 0.2) is 12.1 Å². The number of likely N-dealkylation sites (tertiary alicyclic amines) is 1. The molecule has 0 atom stereocenters. The summed E-state index contributed by atoms with van der Waals surface area (Å²) in [5, 5.41) is 4.60. The van der Waals surface area contributed by atoms with Crippen LogP contribution < -0.4 is 10.5 Å². The summed E-state index contributed by atoms with van der Waals surface area (Å²) in [6.07, 6.45) is 6.06. The first kappa shape index (κ1) is 13.0. The Labute approximate surface area is 124 Å². The molecular formula is C16H22N4O. The normalized spacial score (nSPS) is 18.5. The molecule has 0 aromatic carbocycles. The van der Waals surface area contributed by atoms with E-state index in [0.717, 1.165) is 24.9 Å². The Balaban J connectivity index is 1.53. The van der Waals surface area contributed by atoms with Crippen LogP contribution in [0.2, 0.25) is 0 Å². The molecule has 0 spiro atoms. The Bertz CT molecular complexity index is 658. The van der Waals surface area contributed by atoms with Gasteiger partial charge in [0, 0.05) is 12.2 Å². The molecule has 1 aliphatic heterocycles. The van der Waals surface area contributed by atoms with E-state index in [4.69, 9.17) is 10.5 Å². The third kappa shape index (κ3) is 2.25. The van der Waals surface area contributed by atoms with Crippen molar-refractivity contribution in [3.63, 3.8) is 0 Å². The van der Waals surface area contributed by atoms with Crippen LogP contribution in [-0.4, -0.2) is 40.8 Å². The summed E-state index contributed by atoms with van der Waals surface area (Å²) in [7, 11) is 0. The third-order valence-corrected chi connectivity index (χ3v) is 4.70. The SMILES string of the molecule is Nc1c(OCCN2CCCC2)nn2c3c(ccc12)CCC3. The Hall–Kier alpha value is -1.75. The first-order valence-electron chi connectivity index (χ1n) is 7.97. The van der Waals surface area contributed by atoms with Gasteiger partial charge in [-0.25, -0.2) is 4.52 Å². The molecule has 2 aromatic heterocycles. The predicted octanol–water partition coefficient (Wildman–Crippen LogP) is 1.88. The van der Waals surface area contributed by atoms with Gasteiger partial charge in [0.25, 0.3) is 5.88 Å². The zero-order chi connectivity index (χ0) is 14.2. The van der Waals surface area contributed by atoms with Crippen molar-refractivity contribution in [3.05, 3.63) is 23.4 Å². The summed E-state index contributed by atoms with van der Waals surface area (Å²) < 4.78 is 7.83. The minimum absolute atomic E-state index is 0.592. The number of nitrogen functional groups attached to an aromatic ring is 1. The van der Waals surface area contributed by atoms with E-state index in [1.54, 1.807) is 0 Å². The Morgan fingerprint density at radius 3 is 2.86 bits per heavy atom. The average molecular weight is 286 g/mol. The second kappa shape index (κ2) is 5.22. The van der Waals surface area contributed by atoms with E-state index in [1.807, 2.05) is 4.52 Å². The van der Waals surface area contributed by atoms with Crippen LogP contribution in [-0.2, 0) is 12.8 Å². The molecule has 0 amide bonds. The first-order chi connectivity index (χ1) is 10.3. The molecular weight excluding hydrogens is 264 g/mol. The lowest BCUT2D eigenvalue weighted by Gasteiger charge is -2.13. The fraction of sp³-hybridized carbons (Fsp3) is 0.562. The van der Waals surface area contributed by atoms with Crippen LogP contribution in [0.3, 0.4) is 0 Å². The molecule has 112 valence electrons. The third-order valence-electron chi connectivity index (χ3n) is 4.70. The summed E-state index contributed by atoms with van der Waals surface area (Å²) in [6, 6.07) is 4.25. The number of nitrogens with two attached hydrogens (primary N) is 1. The van der Waals surface area contributed by atoms with Gasteiger partial charge in [-0.3, -0.25) is 4.90 Å². The van der Waals surface area contributed by atoms with Crippen LogP contribution in [0.25, 0.3) is 5.52 Å². The highest BCUT2D eigenvalue weighted by molar-refractivity contribution is 5.75. The van der Waals surface area contributed by atoms with Gasteiger partial charge in [-0.2, -0.15) is 0 Å². The van der Waals surface area contributed by atoms with Gasteiger partial charge < -0.3 is 10.5 Å². The number of pyridine rings is 1. The lowest BCUT2D eigenvalue weighted by Crippen LogP contribution is -2.25. The first-order valence-corrected chi connectivity index (χ1v) is 7.97. The molecule has 1 aliphatic carbocycles. The maximum Gasteiger partial charge on any atom is 0.257 e. The number of aryl methyl sites for hydroxylation is 2. The summed E-state index contributed by atoms with van der Waals surface area (Å²) in [5.41, 5.74) is 10.6. The second-order valence-electron chi connectivity index (χ2n) is 6.07. The van der Waals surface area contributed by atoms with Gasteiger partial charge in [0.05, 0.1) is 5.52 Å². The summed E-state index contributed by atoms with van der Waals surface area (Å²) in [6.45, 7) is 4.01. The topological polar surface area (TPSA) is 55.8 Å². The number of anilines is 1. The van der Waals surface area contributed by atoms with E-state index in [9.17, 15) is 0 Å². The summed E-state index contributed by atoms with van der Waals surface area (Å²) in [4.78, 5) is 2.43. The minimum Gasteiger partial charge on any atom is -0.474 e. The lowest BCUT2D eigenvalue weighted by molar-refractivity contribution is 0.232. The van der Waals surface area contributed by atoms with E-state index in [2.05, 4.69) is 22.1 Å². The Kier molecular flexibility index (Phi) is 3.22. The lowest BCUT2D eigenvalue weighted by atomic mass is 10.2. The Morgan fingerprint density at radius 1 is 1.14 bits per heavy atom. The molecule has 2 N–H and O–H groups in total. The van der Waals surface area contributed by atoms with Gasteiger partial charge in [-0.05, 0) is 56.8 Å². The highest BCUT2D eigenvalue weighted by Crippen LogP contribution is 2.30.